The number of hydrogen-bond donors (Lipinski definition) is 4. The molecule has 0 radical (unpaired) electrons. The van der Waals surface area contributed by atoms with Crippen molar-refractivity contribution in [1.29, 1.82) is 0 Å². The van der Waals surface area contributed by atoms with Gasteiger partial charge in [-0.05, 0) is 37.9 Å². The molecule has 2 heterocycles. The summed E-state index contributed by atoms with van der Waals surface area (Å²) in [6.07, 6.45) is 1.26. The summed E-state index contributed by atoms with van der Waals surface area (Å²) in [4.78, 5) is 33.1. The van der Waals surface area contributed by atoms with Crippen LogP contribution in [-0.4, -0.2) is 58.0 Å². The van der Waals surface area contributed by atoms with Gasteiger partial charge in [0.2, 0.25) is 0 Å². The molecule has 12 nitrogen and oxygen atoms in total. The summed E-state index contributed by atoms with van der Waals surface area (Å²) in [7, 11) is -2.33. The number of imidazole rings is 1. The number of nitrogens with two attached hydrogens (primary N) is 1. The number of aromatic nitrogens is 4. The van der Waals surface area contributed by atoms with E-state index in [1.807, 2.05) is 46.4 Å². The van der Waals surface area contributed by atoms with Crippen LogP contribution in [0.2, 0.25) is 5.15 Å². The van der Waals surface area contributed by atoms with Crippen LogP contribution in [-0.2, 0) is 35.5 Å². The monoisotopic (exact) mass is 614 g/mol. The number of aliphatic hydroxyl groups excluding tert-OH is 1. The molecule has 42 heavy (non-hydrogen) atoms. The van der Waals surface area contributed by atoms with Crippen LogP contribution in [0.25, 0.3) is 11.0 Å². The number of benzene rings is 2. The minimum atomic E-state index is -2.33. The highest BCUT2D eigenvalue weighted by molar-refractivity contribution is 7.70. The molecule has 2 aromatic carbocycles. The molecule has 0 atom stereocenters. The summed E-state index contributed by atoms with van der Waals surface area (Å²) in [6, 6.07) is 12.8. The molecular formula is C28H34ClN7O5P+. The van der Waals surface area contributed by atoms with E-state index in [4.69, 9.17) is 22.1 Å². The number of anilines is 1. The van der Waals surface area contributed by atoms with E-state index >= 15 is 0 Å². The Morgan fingerprint density at radius 2 is 1.88 bits per heavy atom. The molecular weight excluding hydrogens is 581 g/mol. The van der Waals surface area contributed by atoms with Crippen LogP contribution in [0.3, 0.4) is 0 Å². The zero-order valence-corrected chi connectivity index (χ0v) is 25.3. The Hall–Kier alpha value is -3.99. The maximum atomic E-state index is 12.8. The fourth-order valence-corrected chi connectivity index (χ4v) is 5.52. The van der Waals surface area contributed by atoms with E-state index in [0.29, 0.717) is 18.8 Å². The van der Waals surface area contributed by atoms with Gasteiger partial charge < -0.3 is 30.8 Å². The number of hydrogen-bond acceptors (Lipinski definition) is 8. The number of fused-ring (bicyclic) bond motifs is 1. The van der Waals surface area contributed by atoms with Crippen molar-refractivity contribution in [2.24, 2.45) is 0 Å². The van der Waals surface area contributed by atoms with Gasteiger partial charge in [-0.25, -0.2) is 19.1 Å². The van der Waals surface area contributed by atoms with Crippen LogP contribution in [0.5, 0.6) is 5.75 Å². The first kappa shape index (κ1) is 31.0. The van der Waals surface area contributed by atoms with Crippen LogP contribution >= 0.6 is 18.7 Å². The number of rotatable bonds is 12. The fraction of sp³-hybridized carbons (Fsp3) is 0.321. The molecule has 5 N–H and O–H groups in total. The topological polar surface area (TPSA) is 165 Å². The SMILES string of the molecule is CC[n+]1c(CNC(=O)c2nc(Cl)cnc2N)n(CCO)c2cc(OCC(=O)NCc3ccc(P(C)(C)=O)cc3)ccc21. The molecule has 0 saturated carbocycles. The summed E-state index contributed by atoms with van der Waals surface area (Å²) < 4.78 is 21.9. The molecule has 0 saturated heterocycles. The molecule has 222 valence electrons. The molecule has 0 aliphatic heterocycles. The second kappa shape index (κ2) is 13.3. The van der Waals surface area contributed by atoms with Gasteiger partial charge in [-0.3, -0.25) is 9.59 Å². The summed E-state index contributed by atoms with van der Waals surface area (Å²) in [6.45, 7) is 6.37. The lowest BCUT2D eigenvalue weighted by atomic mass is 10.2. The molecule has 2 aromatic heterocycles. The first-order valence-corrected chi connectivity index (χ1v) is 16.3. The van der Waals surface area contributed by atoms with Gasteiger partial charge in [0.15, 0.2) is 29.2 Å². The number of amides is 2. The van der Waals surface area contributed by atoms with Crippen LogP contribution in [0.1, 0.15) is 28.8 Å². The van der Waals surface area contributed by atoms with Crippen molar-refractivity contribution in [3.8, 4) is 5.75 Å². The number of nitrogens with zero attached hydrogens (tertiary/aromatic N) is 4. The van der Waals surface area contributed by atoms with E-state index in [2.05, 4.69) is 20.6 Å². The first-order chi connectivity index (χ1) is 20.0. The largest absolute Gasteiger partial charge is 0.484 e. The van der Waals surface area contributed by atoms with Gasteiger partial charge in [-0.15, -0.1) is 0 Å². The molecule has 14 heteroatoms. The van der Waals surface area contributed by atoms with E-state index in [9.17, 15) is 19.3 Å². The number of carbonyl (C=O) groups is 2. The second-order valence-corrected chi connectivity index (χ2v) is 13.5. The number of carbonyl (C=O) groups excluding carboxylic acids is 2. The Balaban J connectivity index is 1.46. The van der Waals surface area contributed by atoms with Gasteiger partial charge >= 0.3 is 0 Å². The van der Waals surface area contributed by atoms with E-state index in [1.54, 1.807) is 25.5 Å². The van der Waals surface area contributed by atoms with Crippen molar-refractivity contribution in [2.75, 3.05) is 32.3 Å². The van der Waals surface area contributed by atoms with Crippen molar-refractivity contribution in [3.05, 3.63) is 70.9 Å². The highest BCUT2D eigenvalue weighted by Crippen LogP contribution is 2.34. The summed E-state index contributed by atoms with van der Waals surface area (Å²) in [5, 5.41) is 16.3. The number of aliphatic hydroxyl groups is 1. The normalized spacial score (nSPS) is 11.5. The van der Waals surface area contributed by atoms with Crippen molar-refractivity contribution < 1.29 is 28.6 Å². The standard InChI is InChI=1S/C28H33ClN7O5P/c1-4-35-21-10-7-19(41-17-24(38)31-14-18-5-8-20(9-6-18)42(2,3)40)13-22(21)36(11-12-37)25(35)16-33-28(39)26-27(30)32-15-23(29)34-26/h5-10,13,15,37H,4,11-12,14,16-17H2,1-3H3,(H3-,30,31,32,33,38,39)/p+1. The maximum Gasteiger partial charge on any atom is 0.277 e. The zero-order valence-electron chi connectivity index (χ0n) is 23.6. The van der Waals surface area contributed by atoms with Gasteiger partial charge in [0, 0.05) is 17.9 Å². The number of nitrogens with one attached hydrogen (secondary N) is 2. The Morgan fingerprint density at radius 1 is 1.14 bits per heavy atom. The Bertz CT molecular complexity index is 1650. The number of aryl methyl sites for hydroxylation is 1. The van der Waals surface area contributed by atoms with Crippen molar-refractivity contribution in [3.63, 3.8) is 0 Å². The third-order valence-corrected chi connectivity index (χ3v) is 8.33. The predicted molar refractivity (Wildman–Crippen MR) is 160 cm³/mol. The third kappa shape index (κ3) is 7.25. The Kier molecular flexibility index (Phi) is 9.82. The first-order valence-electron chi connectivity index (χ1n) is 13.3. The van der Waals surface area contributed by atoms with Gasteiger partial charge in [0.25, 0.3) is 17.6 Å². The molecule has 2 amide bonds. The van der Waals surface area contributed by atoms with Crippen LogP contribution in [0, 0.1) is 0 Å². The molecule has 0 bridgehead atoms. The van der Waals surface area contributed by atoms with Crippen LogP contribution < -0.4 is 31.0 Å². The van der Waals surface area contributed by atoms with E-state index < -0.39 is 13.0 Å². The summed E-state index contributed by atoms with van der Waals surface area (Å²) in [5.41, 5.74) is 8.24. The lowest BCUT2D eigenvalue weighted by molar-refractivity contribution is -0.676. The molecule has 0 spiro atoms. The highest BCUT2D eigenvalue weighted by atomic mass is 35.5. The molecule has 0 aliphatic carbocycles. The maximum absolute atomic E-state index is 12.8. The van der Waals surface area contributed by atoms with Gasteiger partial charge in [-0.2, -0.15) is 0 Å². The zero-order chi connectivity index (χ0) is 30.4. The third-order valence-electron chi connectivity index (χ3n) is 6.60. The molecule has 0 fully saturated rings. The number of halogens is 1. The predicted octanol–water partition coefficient (Wildman–Crippen LogP) is 1.84. The van der Waals surface area contributed by atoms with Gasteiger partial charge in [-0.1, -0.05) is 35.9 Å². The fourth-order valence-electron chi connectivity index (χ4n) is 4.51. The van der Waals surface area contributed by atoms with Crippen LogP contribution in [0.4, 0.5) is 5.82 Å². The lowest BCUT2D eigenvalue weighted by Gasteiger charge is -2.10. The Labute approximate surface area is 248 Å². The Morgan fingerprint density at radius 3 is 2.55 bits per heavy atom. The van der Waals surface area contributed by atoms with Crippen molar-refractivity contribution >= 4 is 52.7 Å². The average Bonchev–Trinajstić information content (AvgIpc) is 3.26. The molecule has 4 rings (SSSR count). The van der Waals surface area contributed by atoms with E-state index in [-0.39, 0.29) is 48.9 Å². The number of ether oxygens (including phenoxy) is 1. The van der Waals surface area contributed by atoms with E-state index in [0.717, 1.165) is 27.7 Å². The summed E-state index contributed by atoms with van der Waals surface area (Å²) >= 11 is 5.88. The van der Waals surface area contributed by atoms with Crippen molar-refractivity contribution in [1.82, 2.24) is 25.2 Å². The second-order valence-electron chi connectivity index (χ2n) is 9.88. The highest BCUT2D eigenvalue weighted by Gasteiger charge is 2.26. The minimum absolute atomic E-state index is 0.0376. The lowest BCUT2D eigenvalue weighted by Crippen LogP contribution is -2.40. The van der Waals surface area contributed by atoms with Crippen LogP contribution in [0.15, 0.2) is 48.7 Å². The molecule has 0 aliphatic rings. The number of nitrogen functional groups attached to an aromatic ring is 1. The van der Waals surface area contributed by atoms with E-state index in [1.165, 1.54) is 6.20 Å². The smallest absolute Gasteiger partial charge is 0.277 e. The quantitative estimate of drug-likeness (QED) is 0.139. The molecule has 4 aromatic rings. The van der Waals surface area contributed by atoms with Crippen molar-refractivity contribution in [2.45, 2.75) is 33.1 Å². The molecule has 0 unspecified atom stereocenters. The minimum Gasteiger partial charge on any atom is -0.484 e. The van der Waals surface area contributed by atoms with Gasteiger partial charge in [0.1, 0.15) is 31.1 Å². The average molecular weight is 615 g/mol. The van der Waals surface area contributed by atoms with Gasteiger partial charge in [0.05, 0.1) is 19.3 Å². The summed E-state index contributed by atoms with van der Waals surface area (Å²) in [5.74, 6) is 0.335.